The zero-order valence-corrected chi connectivity index (χ0v) is 9.07. The van der Waals surface area contributed by atoms with E-state index in [-0.39, 0.29) is 12.6 Å². The van der Waals surface area contributed by atoms with Crippen molar-refractivity contribution in [3.63, 3.8) is 0 Å². The first-order valence-electron chi connectivity index (χ1n) is 5.06. The minimum atomic E-state index is -2.49. The van der Waals surface area contributed by atoms with Crippen molar-refractivity contribution < 1.29 is 17.9 Å². The number of hydrazine groups is 1. The Morgan fingerprint density at radius 2 is 2.18 bits per heavy atom. The molecule has 1 aromatic heterocycles. The fraction of sp³-hybridized carbons (Fsp3) is 0.500. The topological polar surface area (TPSA) is 60.2 Å². The first-order chi connectivity index (χ1) is 8.13. The Labute approximate surface area is 96.9 Å². The molecule has 7 heteroatoms. The van der Waals surface area contributed by atoms with Gasteiger partial charge in [-0.15, -0.1) is 0 Å². The van der Waals surface area contributed by atoms with Crippen molar-refractivity contribution in [2.45, 2.75) is 18.9 Å². The number of halogens is 3. The number of pyridine rings is 1. The number of nitrogens with one attached hydrogen (secondary N) is 1. The molecule has 0 radical (unpaired) electrons. The summed E-state index contributed by atoms with van der Waals surface area (Å²) in [5, 5.41) is 0. The van der Waals surface area contributed by atoms with Crippen molar-refractivity contribution in [2.75, 3.05) is 13.2 Å². The van der Waals surface area contributed by atoms with Gasteiger partial charge in [-0.3, -0.25) is 16.3 Å². The van der Waals surface area contributed by atoms with E-state index in [1.165, 1.54) is 12.3 Å². The molecule has 1 rings (SSSR count). The predicted octanol–water partition coefficient (Wildman–Crippen LogP) is 1.40. The monoisotopic (exact) mass is 249 g/mol. The quantitative estimate of drug-likeness (QED) is 0.435. The standard InChI is InChI=1S/C10H14F3N3O/c11-8-3-7(4-15-5-8)9(16-14)1-2-17-6-10(12)13/h3-5,9-10,16H,1-2,6,14H2. The molecule has 17 heavy (non-hydrogen) atoms. The Morgan fingerprint density at radius 1 is 1.41 bits per heavy atom. The van der Waals surface area contributed by atoms with Crippen molar-refractivity contribution >= 4 is 0 Å². The highest BCUT2D eigenvalue weighted by Crippen LogP contribution is 2.15. The van der Waals surface area contributed by atoms with E-state index < -0.39 is 18.8 Å². The maximum absolute atomic E-state index is 12.9. The van der Waals surface area contributed by atoms with E-state index in [9.17, 15) is 13.2 Å². The van der Waals surface area contributed by atoms with Gasteiger partial charge in [0.05, 0.1) is 6.20 Å². The lowest BCUT2D eigenvalue weighted by Crippen LogP contribution is -2.29. The van der Waals surface area contributed by atoms with E-state index in [0.29, 0.717) is 12.0 Å². The highest BCUT2D eigenvalue weighted by atomic mass is 19.3. The molecule has 0 aliphatic heterocycles. The number of nitrogens with zero attached hydrogens (tertiary/aromatic N) is 1. The van der Waals surface area contributed by atoms with E-state index in [0.717, 1.165) is 6.20 Å². The lowest BCUT2D eigenvalue weighted by atomic mass is 10.1. The summed E-state index contributed by atoms with van der Waals surface area (Å²) < 4.78 is 41.2. The van der Waals surface area contributed by atoms with E-state index in [2.05, 4.69) is 10.4 Å². The molecule has 1 unspecified atom stereocenters. The molecule has 1 atom stereocenters. The van der Waals surface area contributed by atoms with Crippen molar-refractivity contribution in [1.82, 2.24) is 10.4 Å². The highest BCUT2D eigenvalue weighted by Gasteiger charge is 2.11. The van der Waals surface area contributed by atoms with Crippen LogP contribution in [0.25, 0.3) is 0 Å². The molecule has 4 nitrogen and oxygen atoms in total. The van der Waals surface area contributed by atoms with Crippen molar-refractivity contribution in [3.05, 3.63) is 29.8 Å². The fourth-order valence-corrected chi connectivity index (χ4v) is 1.34. The largest absolute Gasteiger partial charge is 0.375 e. The average molecular weight is 249 g/mol. The van der Waals surface area contributed by atoms with Crippen LogP contribution >= 0.6 is 0 Å². The van der Waals surface area contributed by atoms with Gasteiger partial charge in [-0.25, -0.2) is 13.2 Å². The molecule has 0 amide bonds. The minimum Gasteiger partial charge on any atom is -0.375 e. The van der Waals surface area contributed by atoms with Crippen LogP contribution in [0.1, 0.15) is 18.0 Å². The Bertz CT molecular complexity index is 338. The summed E-state index contributed by atoms with van der Waals surface area (Å²) >= 11 is 0. The van der Waals surface area contributed by atoms with Crippen molar-refractivity contribution in [3.8, 4) is 0 Å². The Morgan fingerprint density at radius 3 is 2.76 bits per heavy atom. The Balaban J connectivity index is 2.43. The second kappa shape index (κ2) is 7.21. The lowest BCUT2D eigenvalue weighted by Gasteiger charge is -2.15. The SMILES string of the molecule is NNC(CCOCC(F)F)c1cncc(F)c1. The molecule has 0 fully saturated rings. The van der Waals surface area contributed by atoms with Crippen LogP contribution in [0.15, 0.2) is 18.5 Å². The molecule has 0 saturated heterocycles. The summed E-state index contributed by atoms with van der Waals surface area (Å²) in [5.74, 6) is 4.82. The molecule has 0 bridgehead atoms. The molecule has 3 N–H and O–H groups in total. The summed E-state index contributed by atoms with van der Waals surface area (Å²) in [6, 6.07) is 0.904. The van der Waals surface area contributed by atoms with Crippen molar-refractivity contribution in [1.29, 1.82) is 0 Å². The summed E-state index contributed by atoms with van der Waals surface area (Å²) in [6.07, 6.45) is 0.398. The van der Waals surface area contributed by atoms with Crippen molar-refractivity contribution in [2.24, 2.45) is 5.84 Å². The first kappa shape index (κ1) is 13.9. The molecular weight excluding hydrogens is 235 g/mol. The number of nitrogens with two attached hydrogens (primary N) is 1. The number of rotatable bonds is 7. The van der Waals surface area contributed by atoms with Gasteiger partial charge in [0.25, 0.3) is 6.43 Å². The van der Waals surface area contributed by atoms with Gasteiger partial charge in [0.15, 0.2) is 0 Å². The molecular formula is C10H14F3N3O. The Kier molecular flexibility index (Phi) is 5.88. The van der Waals surface area contributed by atoms with Crippen LogP contribution in [-0.2, 0) is 4.74 Å². The van der Waals surface area contributed by atoms with Crippen LogP contribution in [0, 0.1) is 5.82 Å². The molecule has 0 aromatic carbocycles. The molecule has 1 heterocycles. The molecule has 1 aromatic rings. The number of aromatic nitrogens is 1. The van der Waals surface area contributed by atoms with E-state index >= 15 is 0 Å². The maximum atomic E-state index is 12.9. The molecule has 0 aliphatic carbocycles. The third kappa shape index (κ3) is 5.12. The second-order valence-corrected chi connectivity index (χ2v) is 3.41. The summed E-state index contributed by atoms with van der Waals surface area (Å²) in [5.41, 5.74) is 3.01. The van der Waals surface area contributed by atoms with Gasteiger partial charge >= 0.3 is 0 Å². The van der Waals surface area contributed by atoms with Gasteiger partial charge in [-0.05, 0) is 18.1 Å². The third-order valence-electron chi connectivity index (χ3n) is 2.12. The number of hydrogen-bond acceptors (Lipinski definition) is 4. The maximum Gasteiger partial charge on any atom is 0.261 e. The highest BCUT2D eigenvalue weighted by molar-refractivity contribution is 5.14. The molecule has 0 saturated carbocycles. The second-order valence-electron chi connectivity index (χ2n) is 3.41. The molecule has 96 valence electrons. The smallest absolute Gasteiger partial charge is 0.261 e. The normalized spacial score (nSPS) is 13.0. The first-order valence-corrected chi connectivity index (χ1v) is 5.06. The lowest BCUT2D eigenvalue weighted by molar-refractivity contribution is 0.0143. The predicted molar refractivity (Wildman–Crippen MR) is 55.7 cm³/mol. The summed E-state index contributed by atoms with van der Waals surface area (Å²) in [6.45, 7) is -0.506. The van der Waals surface area contributed by atoms with Crippen LogP contribution in [0.5, 0.6) is 0 Å². The van der Waals surface area contributed by atoms with Gasteiger partial charge < -0.3 is 4.74 Å². The van der Waals surface area contributed by atoms with Gasteiger partial charge in [0, 0.05) is 18.8 Å². The van der Waals surface area contributed by atoms with Crippen LogP contribution in [0.3, 0.4) is 0 Å². The van der Waals surface area contributed by atoms with Gasteiger partial charge in [0.1, 0.15) is 12.4 Å². The summed E-state index contributed by atoms with van der Waals surface area (Å²) in [4.78, 5) is 3.68. The van der Waals surface area contributed by atoms with Gasteiger partial charge in [-0.2, -0.15) is 0 Å². The number of alkyl halides is 2. The zero-order valence-electron chi connectivity index (χ0n) is 9.07. The van der Waals surface area contributed by atoms with Crippen LogP contribution in [0.4, 0.5) is 13.2 Å². The fourth-order valence-electron chi connectivity index (χ4n) is 1.34. The number of hydrogen-bond donors (Lipinski definition) is 2. The average Bonchev–Trinajstić information content (AvgIpc) is 2.29. The number of ether oxygens (including phenoxy) is 1. The summed E-state index contributed by atoms with van der Waals surface area (Å²) in [7, 11) is 0. The molecule has 0 spiro atoms. The van der Waals surface area contributed by atoms with E-state index in [1.807, 2.05) is 0 Å². The zero-order chi connectivity index (χ0) is 12.7. The van der Waals surface area contributed by atoms with Crippen LogP contribution < -0.4 is 11.3 Å². The minimum absolute atomic E-state index is 0.107. The van der Waals surface area contributed by atoms with E-state index in [4.69, 9.17) is 10.6 Å². The van der Waals surface area contributed by atoms with Crippen LogP contribution in [0.2, 0.25) is 0 Å². The Hall–Kier alpha value is -1.18. The van der Waals surface area contributed by atoms with E-state index in [1.54, 1.807) is 0 Å². The van der Waals surface area contributed by atoms with Gasteiger partial charge in [-0.1, -0.05) is 0 Å². The van der Waals surface area contributed by atoms with Gasteiger partial charge in [0.2, 0.25) is 0 Å². The third-order valence-corrected chi connectivity index (χ3v) is 2.12. The van der Waals surface area contributed by atoms with Crippen LogP contribution in [-0.4, -0.2) is 24.6 Å². The molecule has 0 aliphatic rings.